The van der Waals surface area contributed by atoms with Crippen LogP contribution in [-0.4, -0.2) is 66.9 Å². The average molecular weight is 385 g/mol. The van der Waals surface area contributed by atoms with E-state index in [-0.39, 0.29) is 25.0 Å². The van der Waals surface area contributed by atoms with Crippen LogP contribution in [0.3, 0.4) is 0 Å². The molecule has 0 bridgehead atoms. The summed E-state index contributed by atoms with van der Waals surface area (Å²) >= 11 is 0. The number of nitrogens with two attached hydrogens (primary N) is 2. The van der Waals surface area contributed by atoms with Crippen LogP contribution in [0.5, 0.6) is 0 Å². The third kappa shape index (κ3) is 5.06. The van der Waals surface area contributed by atoms with Crippen molar-refractivity contribution >= 4 is 11.8 Å². The van der Waals surface area contributed by atoms with E-state index in [9.17, 15) is 9.59 Å². The highest BCUT2D eigenvalue weighted by atomic mass is 16.7. The lowest BCUT2D eigenvalue weighted by Gasteiger charge is -2.45. The van der Waals surface area contributed by atoms with Crippen LogP contribution in [0.2, 0.25) is 0 Å². The highest BCUT2D eigenvalue weighted by Gasteiger charge is 2.44. The third-order valence-corrected chi connectivity index (χ3v) is 5.77. The molecule has 2 amide bonds. The highest BCUT2D eigenvalue weighted by molar-refractivity contribution is 6.00. The lowest BCUT2D eigenvalue weighted by Crippen LogP contribution is -2.64. The second-order valence-corrected chi connectivity index (χ2v) is 8.19. The molecular formula is C19H36N4O4. The van der Waals surface area contributed by atoms with E-state index < -0.39 is 35.7 Å². The van der Waals surface area contributed by atoms with Crippen molar-refractivity contribution in [3.8, 4) is 0 Å². The molecule has 5 N–H and O–H groups in total. The van der Waals surface area contributed by atoms with Gasteiger partial charge in [-0.1, -0.05) is 34.1 Å². The summed E-state index contributed by atoms with van der Waals surface area (Å²) in [6.45, 7) is 9.61. The molecule has 0 unspecified atom stereocenters. The molecule has 2 fully saturated rings. The predicted molar refractivity (Wildman–Crippen MR) is 103 cm³/mol. The monoisotopic (exact) mass is 384 g/mol. The Balaban J connectivity index is 2.17. The maximum absolute atomic E-state index is 13.1. The molecule has 2 rings (SSSR count). The molecule has 0 aromatic carbocycles. The first kappa shape index (κ1) is 22.2. The maximum Gasteiger partial charge on any atom is 0.246 e. The maximum atomic E-state index is 13.1. The SMILES string of the molecule is CC[C@H](C)[C@H](N)C(=O)N(C(=O)[C@@H](N)C(C)C)C1COC2(CCCNC2)OC1. The predicted octanol–water partition coefficient (Wildman–Crippen LogP) is 0.193. The summed E-state index contributed by atoms with van der Waals surface area (Å²) in [5, 5.41) is 3.27. The van der Waals surface area contributed by atoms with Gasteiger partial charge in [-0.15, -0.1) is 0 Å². The van der Waals surface area contributed by atoms with Crippen LogP contribution < -0.4 is 16.8 Å². The van der Waals surface area contributed by atoms with E-state index in [2.05, 4.69) is 5.32 Å². The molecule has 0 aromatic heterocycles. The van der Waals surface area contributed by atoms with Crippen LogP contribution in [0.25, 0.3) is 0 Å². The Hall–Kier alpha value is -1.06. The summed E-state index contributed by atoms with van der Waals surface area (Å²) in [6, 6.07) is -2.05. The second-order valence-electron chi connectivity index (χ2n) is 8.19. The number of nitrogens with one attached hydrogen (secondary N) is 1. The Labute approximate surface area is 162 Å². The van der Waals surface area contributed by atoms with Gasteiger partial charge in [-0.3, -0.25) is 14.5 Å². The van der Waals surface area contributed by atoms with Crippen LogP contribution in [-0.2, 0) is 19.1 Å². The smallest absolute Gasteiger partial charge is 0.246 e. The Morgan fingerprint density at radius 1 is 1.15 bits per heavy atom. The van der Waals surface area contributed by atoms with Crippen LogP contribution in [0.15, 0.2) is 0 Å². The van der Waals surface area contributed by atoms with Gasteiger partial charge in [0.1, 0.15) is 0 Å². The standard InChI is InChI=1S/C19H36N4O4/c1-5-13(4)16(21)18(25)23(17(24)15(20)12(2)3)14-9-26-19(27-10-14)7-6-8-22-11-19/h12-16,22H,5-11,20-21H2,1-4H3/t13-,14?,15-,16-,19?/m0/s1. The molecule has 156 valence electrons. The summed E-state index contributed by atoms with van der Waals surface area (Å²) in [5.74, 6) is -1.61. The van der Waals surface area contributed by atoms with Gasteiger partial charge in [-0.05, 0) is 24.8 Å². The van der Waals surface area contributed by atoms with Gasteiger partial charge in [0.15, 0.2) is 5.79 Å². The Morgan fingerprint density at radius 2 is 1.74 bits per heavy atom. The lowest BCUT2D eigenvalue weighted by molar-refractivity contribution is -0.286. The number of carbonyl (C=O) groups excluding carboxylic acids is 2. The van der Waals surface area contributed by atoms with E-state index in [4.69, 9.17) is 20.9 Å². The van der Waals surface area contributed by atoms with Gasteiger partial charge in [-0.25, -0.2) is 0 Å². The second kappa shape index (κ2) is 9.43. The zero-order valence-electron chi connectivity index (χ0n) is 17.1. The molecule has 0 aliphatic carbocycles. The van der Waals surface area contributed by atoms with Crippen molar-refractivity contribution in [1.29, 1.82) is 0 Å². The van der Waals surface area contributed by atoms with E-state index >= 15 is 0 Å². The van der Waals surface area contributed by atoms with Crippen LogP contribution in [0, 0.1) is 11.8 Å². The van der Waals surface area contributed by atoms with Crippen LogP contribution in [0.1, 0.15) is 47.0 Å². The van der Waals surface area contributed by atoms with Gasteiger partial charge < -0.3 is 26.3 Å². The van der Waals surface area contributed by atoms with Gasteiger partial charge in [0.05, 0.1) is 31.3 Å². The molecule has 0 saturated carbocycles. The largest absolute Gasteiger partial charge is 0.346 e. The molecule has 27 heavy (non-hydrogen) atoms. The first-order chi connectivity index (χ1) is 12.7. The van der Waals surface area contributed by atoms with Gasteiger partial charge in [0, 0.05) is 13.0 Å². The number of imide groups is 1. The van der Waals surface area contributed by atoms with Crippen molar-refractivity contribution in [3.63, 3.8) is 0 Å². The highest BCUT2D eigenvalue weighted by Crippen LogP contribution is 2.28. The zero-order chi connectivity index (χ0) is 20.2. The summed E-state index contributed by atoms with van der Waals surface area (Å²) in [6.07, 6.45) is 2.51. The number of nitrogens with zero attached hydrogens (tertiary/aromatic N) is 1. The van der Waals surface area contributed by atoms with Crippen molar-refractivity contribution in [3.05, 3.63) is 0 Å². The van der Waals surface area contributed by atoms with Crippen molar-refractivity contribution in [2.75, 3.05) is 26.3 Å². The number of piperidine rings is 1. The molecule has 3 atom stereocenters. The van der Waals surface area contributed by atoms with E-state index in [1.165, 1.54) is 4.90 Å². The minimum Gasteiger partial charge on any atom is -0.346 e. The molecule has 2 heterocycles. The van der Waals surface area contributed by atoms with Crippen LogP contribution in [0.4, 0.5) is 0 Å². The topological polar surface area (TPSA) is 120 Å². The van der Waals surface area contributed by atoms with Gasteiger partial charge in [0.2, 0.25) is 11.8 Å². The number of hydrogen-bond acceptors (Lipinski definition) is 7. The molecule has 2 aliphatic heterocycles. The Kier molecular flexibility index (Phi) is 7.76. The van der Waals surface area contributed by atoms with Crippen molar-refractivity contribution in [2.24, 2.45) is 23.3 Å². The van der Waals surface area contributed by atoms with E-state index in [0.717, 1.165) is 25.8 Å². The van der Waals surface area contributed by atoms with Crippen LogP contribution >= 0.6 is 0 Å². The number of rotatable bonds is 6. The summed E-state index contributed by atoms with van der Waals surface area (Å²) in [4.78, 5) is 27.3. The lowest BCUT2D eigenvalue weighted by atomic mass is 9.96. The molecule has 8 nitrogen and oxygen atoms in total. The van der Waals surface area contributed by atoms with Gasteiger partial charge >= 0.3 is 0 Å². The molecule has 1 spiro atoms. The number of ether oxygens (including phenoxy) is 2. The number of carbonyl (C=O) groups is 2. The average Bonchev–Trinajstić information content (AvgIpc) is 2.68. The first-order valence-electron chi connectivity index (χ1n) is 10.1. The first-order valence-corrected chi connectivity index (χ1v) is 10.1. The Bertz CT molecular complexity index is 512. The minimum absolute atomic E-state index is 0.0395. The summed E-state index contributed by atoms with van der Waals surface area (Å²) in [5.41, 5.74) is 12.2. The van der Waals surface area contributed by atoms with Gasteiger partial charge in [0.25, 0.3) is 0 Å². The van der Waals surface area contributed by atoms with Crippen molar-refractivity contribution < 1.29 is 19.1 Å². The zero-order valence-corrected chi connectivity index (χ0v) is 17.1. The fourth-order valence-electron chi connectivity index (χ4n) is 3.40. The summed E-state index contributed by atoms with van der Waals surface area (Å²) < 4.78 is 12.0. The molecule has 2 aliphatic rings. The van der Waals surface area contributed by atoms with E-state index in [1.807, 2.05) is 27.7 Å². The van der Waals surface area contributed by atoms with E-state index in [0.29, 0.717) is 6.54 Å². The number of hydrogen-bond donors (Lipinski definition) is 3. The molecule has 2 saturated heterocycles. The third-order valence-electron chi connectivity index (χ3n) is 5.77. The summed E-state index contributed by atoms with van der Waals surface area (Å²) in [7, 11) is 0. The molecular weight excluding hydrogens is 348 g/mol. The van der Waals surface area contributed by atoms with Gasteiger partial charge in [-0.2, -0.15) is 0 Å². The molecule has 0 aromatic rings. The fourth-order valence-corrected chi connectivity index (χ4v) is 3.40. The molecule has 8 heteroatoms. The fraction of sp³-hybridized carbons (Fsp3) is 0.895. The Morgan fingerprint density at radius 3 is 2.22 bits per heavy atom. The van der Waals surface area contributed by atoms with E-state index in [1.54, 1.807) is 0 Å². The minimum atomic E-state index is -0.773. The van der Waals surface area contributed by atoms with Crippen molar-refractivity contribution in [2.45, 2.75) is 70.9 Å². The number of amides is 2. The quantitative estimate of drug-likeness (QED) is 0.598. The molecule has 0 radical (unpaired) electrons. The normalized spacial score (nSPS) is 29.4. The van der Waals surface area contributed by atoms with Crippen molar-refractivity contribution in [1.82, 2.24) is 10.2 Å².